The van der Waals surface area contributed by atoms with Crippen LogP contribution in [-0.4, -0.2) is 18.7 Å². The zero-order valence-corrected chi connectivity index (χ0v) is 12.7. The topological polar surface area (TPSA) is 21.3 Å². The number of nitrogens with one attached hydrogen (secondary N) is 1. The highest BCUT2D eigenvalue weighted by atomic mass is 35.5. The summed E-state index contributed by atoms with van der Waals surface area (Å²) < 4.78 is 5.61. The third-order valence-electron chi connectivity index (χ3n) is 2.38. The molecule has 18 heavy (non-hydrogen) atoms. The first-order valence-electron chi connectivity index (χ1n) is 6.21. The summed E-state index contributed by atoms with van der Waals surface area (Å²) in [6, 6.07) is 5.28. The summed E-state index contributed by atoms with van der Waals surface area (Å²) in [7, 11) is 0. The van der Waals surface area contributed by atoms with Crippen molar-refractivity contribution in [1.82, 2.24) is 5.32 Å². The predicted molar refractivity (Wildman–Crippen MR) is 78.9 cm³/mol. The summed E-state index contributed by atoms with van der Waals surface area (Å²) in [5, 5.41) is 4.63. The van der Waals surface area contributed by atoms with E-state index < -0.39 is 0 Å². The van der Waals surface area contributed by atoms with E-state index >= 15 is 0 Å². The molecular formula is C14H21Cl2NO. The Balaban J connectivity index is 2.18. The average Bonchev–Trinajstić information content (AvgIpc) is 2.24. The van der Waals surface area contributed by atoms with Crippen molar-refractivity contribution in [3.8, 4) is 5.75 Å². The fourth-order valence-electron chi connectivity index (χ4n) is 1.46. The molecule has 4 heteroatoms. The number of unbranched alkanes of at least 4 members (excludes halogenated alkanes) is 1. The molecule has 0 saturated heterocycles. The lowest BCUT2D eigenvalue weighted by molar-refractivity contribution is 0.301. The molecule has 2 nitrogen and oxygen atoms in total. The molecule has 0 aromatic heterocycles. The van der Waals surface area contributed by atoms with Crippen LogP contribution in [0.2, 0.25) is 10.0 Å². The van der Waals surface area contributed by atoms with Crippen LogP contribution >= 0.6 is 23.2 Å². The minimum Gasteiger partial charge on any atom is -0.492 e. The van der Waals surface area contributed by atoms with Crippen LogP contribution in [0.15, 0.2) is 18.2 Å². The van der Waals surface area contributed by atoms with E-state index in [1.54, 1.807) is 18.2 Å². The molecule has 0 unspecified atom stereocenters. The second-order valence-corrected chi connectivity index (χ2v) is 6.15. The highest BCUT2D eigenvalue weighted by Crippen LogP contribution is 2.27. The summed E-state index contributed by atoms with van der Waals surface area (Å²) >= 11 is 11.8. The molecule has 0 bridgehead atoms. The van der Waals surface area contributed by atoms with Gasteiger partial charge in [-0.25, -0.2) is 0 Å². The standard InChI is InChI=1S/C14H21Cl2NO/c1-14(2,3)17-8-4-5-9-18-13-7-6-11(15)10-12(13)16/h6-7,10,17H,4-5,8-9H2,1-3H3. The number of rotatable bonds is 6. The molecule has 102 valence electrons. The van der Waals surface area contributed by atoms with Crippen LogP contribution < -0.4 is 10.1 Å². The molecule has 0 amide bonds. The van der Waals surface area contributed by atoms with Crippen molar-refractivity contribution in [1.29, 1.82) is 0 Å². The number of benzene rings is 1. The van der Waals surface area contributed by atoms with Gasteiger partial charge in [-0.05, 0) is 58.4 Å². The van der Waals surface area contributed by atoms with Crippen LogP contribution in [-0.2, 0) is 0 Å². The van der Waals surface area contributed by atoms with Crippen molar-refractivity contribution in [3.63, 3.8) is 0 Å². The Morgan fingerprint density at radius 3 is 2.50 bits per heavy atom. The monoisotopic (exact) mass is 289 g/mol. The van der Waals surface area contributed by atoms with Crippen LogP contribution in [0, 0.1) is 0 Å². The molecule has 0 heterocycles. The number of halogens is 2. The number of hydrogen-bond acceptors (Lipinski definition) is 2. The third kappa shape index (κ3) is 6.48. The fourth-order valence-corrected chi connectivity index (χ4v) is 1.93. The summed E-state index contributed by atoms with van der Waals surface area (Å²) in [6.07, 6.45) is 2.09. The van der Waals surface area contributed by atoms with Crippen molar-refractivity contribution < 1.29 is 4.74 Å². The van der Waals surface area contributed by atoms with Crippen molar-refractivity contribution in [3.05, 3.63) is 28.2 Å². The van der Waals surface area contributed by atoms with Gasteiger partial charge in [-0.2, -0.15) is 0 Å². The van der Waals surface area contributed by atoms with Gasteiger partial charge in [0.1, 0.15) is 5.75 Å². The molecular weight excluding hydrogens is 269 g/mol. The van der Waals surface area contributed by atoms with Crippen LogP contribution in [0.5, 0.6) is 5.75 Å². The second kappa shape index (κ2) is 7.22. The molecule has 1 aromatic rings. The molecule has 1 aromatic carbocycles. The van der Waals surface area contributed by atoms with Gasteiger partial charge < -0.3 is 10.1 Å². The van der Waals surface area contributed by atoms with Crippen molar-refractivity contribution in [2.75, 3.05) is 13.2 Å². The van der Waals surface area contributed by atoms with Crippen molar-refractivity contribution >= 4 is 23.2 Å². The quantitative estimate of drug-likeness (QED) is 0.777. The highest BCUT2D eigenvalue weighted by molar-refractivity contribution is 6.35. The Hall–Kier alpha value is -0.440. The molecule has 0 radical (unpaired) electrons. The molecule has 1 N–H and O–H groups in total. The van der Waals surface area contributed by atoms with E-state index in [1.807, 2.05) is 0 Å². The van der Waals surface area contributed by atoms with Crippen molar-refractivity contribution in [2.45, 2.75) is 39.2 Å². The van der Waals surface area contributed by atoms with E-state index in [9.17, 15) is 0 Å². The first kappa shape index (κ1) is 15.6. The Labute approximate surface area is 120 Å². The Bertz CT molecular complexity index is 375. The van der Waals surface area contributed by atoms with Crippen LogP contribution in [0.25, 0.3) is 0 Å². The summed E-state index contributed by atoms with van der Waals surface area (Å²) in [6.45, 7) is 8.17. The Kier molecular flexibility index (Phi) is 6.27. The molecule has 0 aliphatic carbocycles. The highest BCUT2D eigenvalue weighted by Gasteiger charge is 2.07. The fraction of sp³-hybridized carbons (Fsp3) is 0.571. The van der Waals surface area contributed by atoms with Gasteiger partial charge in [0.15, 0.2) is 0 Å². The molecule has 0 fully saturated rings. The maximum atomic E-state index is 6.01. The smallest absolute Gasteiger partial charge is 0.137 e. The average molecular weight is 290 g/mol. The van der Waals surface area contributed by atoms with E-state index in [-0.39, 0.29) is 5.54 Å². The zero-order valence-electron chi connectivity index (χ0n) is 11.2. The van der Waals surface area contributed by atoms with Gasteiger partial charge >= 0.3 is 0 Å². The molecule has 0 aliphatic heterocycles. The van der Waals surface area contributed by atoms with Gasteiger partial charge in [0, 0.05) is 10.6 Å². The van der Waals surface area contributed by atoms with Gasteiger partial charge in [-0.3, -0.25) is 0 Å². The second-order valence-electron chi connectivity index (χ2n) is 5.31. The van der Waals surface area contributed by atoms with Crippen LogP contribution in [0.4, 0.5) is 0 Å². The molecule has 0 atom stereocenters. The van der Waals surface area contributed by atoms with Crippen molar-refractivity contribution in [2.24, 2.45) is 0 Å². The van der Waals surface area contributed by atoms with E-state index in [0.29, 0.717) is 22.4 Å². The molecule has 0 spiro atoms. The summed E-state index contributed by atoms with van der Waals surface area (Å²) in [5.41, 5.74) is 0.181. The SMILES string of the molecule is CC(C)(C)NCCCCOc1ccc(Cl)cc1Cl. The first-order chi connectivity index (χ1) is 8.38. The normalized spacial score (nSPS) is 11.6. The number of ether oxygens (including phenoxy) is 1. The van der Waals surface area contributed by atoms with E-state index in [0.717, 1.165) is 19.4 Å². The first-order valence-corrected chi connectivity index (χ1v) is 6.97. The minimum absolute atomic E-state index is 0.181. The lowest BCUT2D eigenvalue weighted by Gasteiger charge is -2.20. The predicted octanol–water partition coefficient (Wildman–Crippen LogP) is 4.54. The summed E-state index contributed by atoms with van der Waals surface area (Å²) in [4.78, 5) is 0. The lowest BCUT2D eigenvalue weighted by atomic mass is 10.1. The molecule has 0 aliphatic rings. The Morgan fingerprint density at radius 2 is 1.89 bits per heavy atom. The van der Waals surface area contributed by atoms with Gasteiger partial charge in [0.05, 0.1) is 11.6 Å². The van der Waals surface area contributed by atoms with Crippen LogP contribution in [0.1, 0.15) is 33.6 Å². The van der Waals surface area contributed by atoms with E-state index in [2.05, 4.69) is 26.1 Å². The maximum Gasteiger partial charge on any atom is 0.137 e. The maximum absolute atomic E-state index is 6.01. The van der Waals surface area contributed by atoms with E-state index in [1.165, 1.54) is 0 Å². The molecule has 0 saturated carbocycles. The Morgan fingerprint density at radius 1 is 1.17 bits per heavy atom. The third-order valence-corrected chi connectivity index (χ3v) is 2.91. The lowest BCUT2D eigenvalue weighted by Crippen LogP contribution is -2.36. The number of hydrogen-bond donors (Lipinski definition) is 1. The summed E-state index contributed by atoms with van der Waals surface area (Å²) in [5.74, 6) is 0.699. The van der Waals surface area contributed by atoms with Gasteiger partial charge in [-0.15, -0.1) is 0 Å². The van der Waals surface area contributed by atoms with Crippen LogP contribution in [0.3, 0.4) is 0 Å². The molecule has 1 rings (SSSR count). The van der Waals surface area contributed by atoms with Gasteiger partial charge in [0.2, 0.25) is 0 Å². The largest absolute Gasteiger partial charge is 0.492 e. The van der Waals surface area contributed by atoms with E-state index in [4.69, 9.17) is 27.9 Å². The minimum atomic E-state index is 0.181. The zero-order chi connectivity index (χ0) is 13.6. The van der Waals surface area contributed by atoms with Gasteiger partial charge in [0.25, 0.3) is 0 Å². The van der Waals surface area contributed by atoms with Gasteiger partial charge in [-0.1, -0.05) is 23.2 Å².